The van der Waals surface area contributed by atoms with Crippen molar-refractivity contribution in [2.75, 3.05) is 13.1 Å². The highest BCUT2D eigenvalue weighted by Gasteiger charge is 2.51. The number of benzene rings is 1. The first-order chi connectivity index (χ1) is 12.6. The van der Waals surface area contributed by atoms with Crippen molar-refractivity contribution >= 4 is 12.2 Å². The summed E-state index contributed by atoms with van der Waals surface area (Å²) < 4.78 is 39.1. The van der Waals surface area contributed by atoms with Gasteiger partial charge < -0.3 is 19.7 Å². The Morgan fingerprint density at radius 2 is 1.57 bits per heavy atom. The van der Waals surface area contributed by atoms with Crippen LogP contribution >= 0.6 is 0 Å². The third kappa shape index (κ3) is 4.91. The highest BCUT2D eigenvalue weighted by atomic mass is 19.1. The monoisotopic (exact) mass is 398 g/mol. The van der Waals surface area contributed by atoms with Crippen LogP contribution in [0, 0.1) is 18.6 Å². The number of amides is 2. The molecule has 1 aromatic carbocycles. The summed E-state index contributed by atoms with van der Waals surface area (Å²) in [5.41, 5.74) is -2.74. The van der Waals surface area contributed by atoms with Gasteiger partial charge >= 0.3 is 12.2 Å². The topological polar surface area (TPSA) is 67.9 Å². The van der Waals surface area contributed by atoms with Gasteiger partial charge in [-0.1, -0.05) is 6.07 Å². The minimum Gasteiger partial charge on any atom is -0.444 e. The number of rotatable bonds is 2. The van der Waals surface area contributed by atoms with Crippen molar-refractivity contribution in [3.05, 3.63) is 34.9 Å². The molecule has 1 aliphatic heterocycles. The van der Waals surface area contributed by atoms with Crippen molar-refractivity contribution in [1.29, 1.82) is 0 Å². The first-order valence-corrected chi connectivity index (χ1v) is 9.08. The van der Waals surface area contributed by atoms with E-state index >= 15 is 0 Å². The summed E-state index contributed by atoms with van der Waals surface area (Å²) in [5, 5.41) is 2.66. The Balaban J connectivity index is 2.31. The van der Waals surface area contributed by atoms with Crippen LogP contribution in [-0.4, -0.2) is 41.4 Å². The molecule has 1 N–H and O–H groups in total. The lowest BCUT2D eigenvalue weighted by molar-refractivity contribution is -0.0238. The van der Waals surface area contributed by atoms with E-state index in [0.717, 1.165) is 6.07 Å². The summed E-state index contributed by atoms with van der Waals surface area (Å²) in [6.07, 6.45) is -1.33. The first kappa shape index (κ1) is 21.9. The predicted molar refractivity (Wildman–Crippen MR) is 99.9 cm³/mol. The molecule has 28 heavy (non-hydrogen) atoms. The van der Waals surface area contributed by atoms with Gasteiger partial charge in [0.15, 0.2) is 0 Å². The van der Waals surface area contributed by atoms with Crippen LogP contribution in [0.25, 0.3) is 0 Å². The molecule has 1 fully saturated rings. The Hall–Kier alpha value is -2.38. The molecule has 0 aromatic heterocycles. The third-order valence-electron chi connectivity index (χ3n) is 4.15. The van der Waals surface area contributed by atoms with Gasteiger partial charge in [0.2, 0.25) is 0 Å². The number of halogens is 2. The number of hydrogen-bond donors (Lipinski definition) is 1. The SMILES string of the molecule is Cc1c(F)ccc(C2(NC(=O)OC(C)(C)C)CN(C(=O)OC(C)(C)C)C2)c1F. The summed E-state index contributed by atoms with van der Waals surface area (Å²) in [6.45, 7) is 11.6. The van der Waals surface area contributed by atoms with E-state index in [1.165, 1.54) is 17.9 Å². The van der Waals surface area contributed by atoms with Crippen molar-refractivity contribution < 1.29 is 27.8 Å². The summed E-state index contributed by atoms with van der Waals surface area (Å²) in [5.74, 6) is -1.45. The molecule has 0 spiro atoms. The molecular formula is C20H28F2N2O4. The Kier molecular flexibility index (Phi) is 5.65. The van der Waals surface area contributed by atoms with E-state index in [0.29, 0.717) is 0 Å². The fourth-order valence-electron chi connectivity index (χ4n) is 2.91. The predicted octanol–water partition coefficient (Wildman–Crippen LogP) is 4.24. The largest absolute Gasteiger partial charge is 0.444 e. The molecule has 0 saturated carbocycles. The summed E-state index contributed by atoms with van der Waals surface area (Å²) >= 11 is 0. The van der Waals surface area contributed by atoms with Gasteiger partial charge in [0.25, 0.3) is 0 Å². The van der Waals surface area contributed by atoms with Gasteiger partial charge in [-0.05, 0) is 54.5 Å². The lowest BCUT2D eigenvalue weighted by Gasteiger charge is -2.50. The van der Waals surface area contributed by atoms with Crippen molar-refractivity contribution in [1.82, 2.24) is 10.2 Å². The van der Waals surface area contributed by atoms with Crippen LogP contribution in [-0.2, 0) is 15.0 Å². The van der Waals surface area contributed by atoms with Crippen LogP contribution in [0.5, 0.6) is 0 Å². The van der Waals surface area contributed by atoms with Crippen molar-refractivity contribution in [2.45, 2.75) is 65.2 Å². The molecule has 0 unspecified atom stereocenters. The van der Waals surface area contributed by atoms with Crippen molar-refractivity contribution in [2.24, 2.45) is 0 Å². The lowest BCUT2D eigenvalue weighted by atomic mass is 9.81. The van der Waals surface area contributed by atoms with Crippen molar-refractivity contribution in [3.63, 3.8) is 0 Å². The van der Waals surface area contributed by atoms with Crippen LogP contribution in [0.4, 0.5) is 18.4 Å². The minimum absolute atomic E-state index is 0.0247. The fraction of sp³-hybridized carbons (Fsp3) is 0.600. The average Bonchev–Trinajstić information content (AvgIpc) is 2.45. The number of carbonyl (C=O) groups excluding carboxylic acids is 2. The van der Waals surface area contributed by atoms with E-state index in [1.54, 1.807) is 41.5 Å². The van der Waals surface area contributed by atoms with E-state index in [2.05, 4.69) is 5.32 Å². The van der Waals surface area contributed by atoms with Crippen LogP contribution in [0.3, 0.4) is 0 Å². The van der Waals surface area contributed by atoms with Gasteiger partial charge in [0.05, 0.1) is 13.1 Å². The number of ether oxygens (including phenoxy) is 2. The number of nitrogens with one attached hydrogen (secondary N) is 1. The molecule has 1 heterocycles. The second kappa shape index (κ2) is 7.22. The van der Waals surface area contributed by atoms with E-state index in [4.69, 9.17) is 9.47 Å². The molecule has 2 amide bonds. The van der Waals surface area contributed by atoms with Gasteiger partial charge in [-0.15, -0.1) is 0 Å². The molecule has 156 valence electrons. The second-order valence-corrected chi connectivity index (χ2v) is 9.08. The highest BCUT2D eigenvalue weighted by molar-refractivity contribution is 5.73. The van der Waals surface area contributed by atoms with E-state index < -0.39 is 40.6 Å². The van der Waals surface area contributed by atoms with E-state index in [9.17, 15) is 18.4 Å². The molecule has 1 aliphatic rings. The molecular weight excluding hydrogens is 370 g/mol. The number of hydrogen-bond acceptors (Lipinski definition) is 4. The summed E-state index contributed by atoms with van der Waals surface area (Å²) in [6, 6.07) is 2.42. The summed E-state index contributed by atoms with van der Waals surface area (Å²) in [4.78, 5) is 26.0. The van der Waals surface area contributed by atoms with Gasteiger partial charge in [-0.2, -0.15) is 0 Å². The molecule has 0 radical (unpaired) electrons. The highest BCUT2D eigenvalue weighted by Crippen LogP contribution is 2.36. The van der Waals surface area contributed by atoms with Crippen molar-refractivity contribution in [3.8, 4) is 0 Å². The third-order valence-corrected chi connectivity index (χ3v) is 4.15. The van der Waals surface area contributed by atoms with Gasteiger partial charge in [0.1, 0.15) is 28.4 Å². The molecule has 1 saturated heterocycles. The number of carbonyl (C=O) groups is 2. The zero-order valence-electron chi connectivity index (χ0n) is 17.4. The maximum Gasteiger partial charge on any atom is 0.410 e. The Labute approximate surface area is 164 Å². The first-order valence-electron chi connectivity index (χ1n) is 9.08. The molecule has 6 nitrogen and oxygen atoms in total. The number of nitrogens with zero attached hydrogens (tertiary/aromatic N) is 1. The molecule has 1 aromatic rings. The standard InChI is InChI=1S/C20H28F2N2O4/c1-12-14(21)9-8-13(15(12)22)20(23-16(25)27-18(2,3)4)10-24(11-20)17(26)28-19(5,6)7/h8-9H,10-11H2,1-7H3,(H,23,25). The van der Waals surface area contributed by atoms with E-state index in [1.807, 2.05) is 0 Å². The van der Waals surface area contributed by atoms with Crippen LogP contribution in [0.15, 0.2) is 12.1 Å². The minimum atomic E-state index is -1.23. The van der Waals surface area contributed by atoms with Crippen LogP contribution in [0.2, 0.25) is 0 Å². The smallest absolute Gasteiger partial charge is 0.410 e. The van der Waals surface area contributed by atoms with E-state index in [-0.39, 0.29) is 24.2 Å². The number of likely N-dealkylation sites (tertiary alicyclic amines) is 1. The number of alkyl carbamates (subject to hydrolysis) is 1. The lowest BCUT2D eigenvalue weighted by Crippen LogP contribution is -2.69. The Morgan fingerprint density at radius 1 is 1.04 bits per heavy atom. The van der Waals surface area contributed by atoms with Crippen LogP contribution < -0.4 is 5.32 Å². The molecule has 0 aliphatic carbocycles. The van der Waals surface area contributed by atoms with Gasteiger partial charge in [-0.25, -0.2) is 18.4 Å². The van der Waals surface area contributed by atoms with Crippen LogP contribution in [0.1, 0.15) is 52.7 Å². The Bertz CT molecular complexity index is 776. The molecule has 2 rings (SSSR count). The van der Waals surface area contributed by atoms with Gasteiger partial charge in [0, 0.05) is 11.1 Å². The fourth-order valence-corrected chi connectivity index (χ4v) is 2.91. The van der Waals surface area contributed by atoms with Gasteiger partial charge in [-0.3, -0.25) is 0 Å². The quantitative estimate of drug-likeness (QED) is 0.809. The molecule has 0 bridgehead atoms. The molecule has 0 atom stereocenters. The molecule has 8 heteroatoms. The summed E-state index contributed by atoms with van der Waals surface area (Å²) in [7, 11) is 0. The normalized spacial score (nSPS) is 16.2. The maximum absolute atomic E-state index is 14.8. The Morgan fingerprint density at radius 3 is 2.07 bits per heavy atom. The average molecular weight is 398 g/mol. The zero-order chi connectivity index (χ0) is 21.5. The maximum atomic E-state index is 14.8. The second-order valence-electron chi connectivity index (χ2n) is 9.08. The zero-order valence-corrected chi connectivity index (χ0v) is 17.4.